The van der Waals surface area contributed by atoms with Crippen LogP contribution in [0.3, 0.4) is 0 Å². The number of amidine groups is 1. The average Bonchev–Trinajstić information content (AvgIpc) is 3.55. The van der Waals surface area contributed by atoms with E-state index in [4.69, 9.17) is 10.8 Å². The second-order valence-electron chi connectivity index (χ2n) is 11.2. The van der Waals surface area contributed by atoms with Crippen LogP contribution in [0.25, 0.3) is 10.9 Å². The summed E-state index contributed by atoms with van der Waals surface area (Å²) in [7, 11) is 0. The number of quaternary nitrogens is 1. The van der Waals surface area contributed by atoms with Gasteiger partial charge in [-0.05, 0) is 61.6 Å². The fourth-order valence-corrected chi connectivity index (χ4v) is 6.45. The Morgan fingerprint density at radius 3 is 2.66 bits per heavy atom. The molecule has 2 aliphatic heterocycles. The van der Waals surface area contributed by atoms with Crippen LogP contribution in [0.15, 0.2) is 94.4 Å². The summed E-state index contributed by atoms with van der Waals surface area (Å²) >= 11 is 0. The molecule has 192 valence electrons. The van der Waals surface area contributed by atoms with E-state index in [2.05, 4.69) is 57.8 Å². The minimum atomic E-state index is 0.0472. The quantitative estimate of drug-likeness (QED) is 0.321. The van der Waals surface area contributed by atoms with Crippen LogP contribution in [0, 0.1) is 17.8 Å². The largest absolute Gasteiger partial charge is 0.356 e. The van der Waals surface area contributed by atoms with E-state index >= 15 is 0 Å². The van der Waals surface area contributed by atoms with Crippen LogP contribution in [-0.2, 0) is 4.79 Å². The first-order chi connectivity index (χ1) is 18.6. The first-order valence-electron chi connectivity index (χ1n) is 13.7. The highest BCUT2D eigenvalue weighted by Gasteiger charge is 2.47. The standard InChI is InChI=1S/C31H32N6O/c32-37-15-14-33-19-28(37)29(36-30(37)27-16-23-8-4-5-9-26(23)35-27)22-12-10-20(11-13-22)18-34-31(38)25-17-24(25)21-6-2-1-3-7-21/h1-9,14-16,19-20,22,24-25H,10-13,17-18,32H2,(H-,33,34,35,36,38)/p+1/t20?,22?,24-,25+,37?/m0/s1. The number of H-pyrrole nitrogens is 1. The van der Waals surface area contributed by atoms with Gasteiger partial charge in [-0.15, -0.1) is 4.59 Å². The Labute approximate surface area is 222 Å². The first kappa shape index (κ1) is 23.3. The second-order valence-corrected chi connectivity index (χ2v) is 11.2. The number of aliphatic imine (C=N–C) groups is 2. The van der Waals surface area contributed by atoms with Gasteiger partial charge in [0.2, 0.25) is 11.6 Å². The fraction of sp³-hybridized carbons (Fsp3) is 0.323. The summed E-state index contributed by atoms with van der Waals surface area (Å²) in [5.41, 5.74) is 5.30. The Kier molecular flexibility index (Phi) is 5.64. The maximum atomic E-state index is 12.8. The van der Waals surface area contributed by atoms with Crippen LogP contribution in [0.5, 0.6) is 0 Å². The maximum absolute atomic E-state index is 12.8. The summed E-state index contributed by atoms with van der Waals surface area (Å²) in [6, 6.07) is 20.8. The number of carbonyl (C=O) groups excluding carboxylic acids is 1. The number of hydrogen-bond donors (Lipinski definition) is 3. The monoisotopic (exact) mass is 505 g/mol. The van der Waals surface area contributed by atoms with Gasteiger partial charge in [-0.2, -0.15) is 10.8 Å². The van der Waals surface area contributed by atoms with Crippen LogP contribution >= 0.6 is 0 Å². The zero-order chi connectivity index (χ0) is 25.7. The van der Waals surface area contributed by atoms with Gasteiger partial charge in [0.15, 0.2) is 0 Å². The molecule has 2 aliphatic carbocycles. The van der Waals surface area contributed by atoms with E-state index in [0.29, 0.717) is 17.8 Å². The van der Waals surface area contributed by atoms with Crippen LogP contribution in [0.4, 0.5) is 0 Å². The SMILES string of the molecule is N[N+]12C=CN=CC1=C(C1CCC(CNC(=O)[C@@H]3C[C@H]3c3ccccc3)CC1)N=C2c1cc2ccccc2[nH]1. The second kappa shape index (κ2) is 9.19. The van der Waals surface area contributed by atoms with Crippen LogP contribution < -0.4 is 11.2 Å². The van der Waals surface area contributed by atoms with Crippen LogP contribution in [0.2, 0.25) is 0 Å². The lowest BCUT2D eigenvalue weighted by atomic mass is 9.80. The summed E-state index contributed by atoms with van der Waals surface area (Å²) < 4.78 is 0.0472. The smallest absolute Gasteiger partial charge is 0.281 e. The Morgan fingerprint density at radius 1 is 1.05 bits per heavy atom. The minimum Gasteiger partial charge on any atom is -0.356 e. The fourth-order valence-electron chi connectivity index (χ4n) is 6.45. The summed E-state index contributed by atoms with van der Waals surface area (Å²) in [5, 5.41) is 4.40. The molecule has 4 aliphatic rings. The molecule has 38 heavy (non-hydrogen) atoms. The van der Waals surface area contributed by atoms with Crippen LogP contribution in [-0.4, -0.2) is 34.1 Å². The zero-order valence-corrected chi connectivity index (χ0v) is 21.4. The van der Waals surface area contributed by atoms with Gasteiger partial charge >= 0.3 is 0 Å². The number of fused-ring (bicyclic) bond motifs is 2. The normalized spacial score (nSPS) is 29.9. The van der Waals surface area contributed by atoms with Gasteiger partial charge in [-0.25, -0.2) is 0 Å². The molecule has 7 heteroatoms. The molecule has 7 rings (SSSR count). The molecule has 2 aromatic carbocycles. The van der Waals surface area contributed by atoms with E-state index in [1.54, 1.807) is 6.20 Å². The zero-order valence-electron chi connectivity index (χ0n) is 21.4. The number of hydrogen-bond acceptors (Lipinski definition) is 4. The third kappa shape index (κ3) is 4.03. The molecule has 3 heterocycles. The van der Waals surface area contributed by atoms with Crippen molar-refractivity contribution in [1.82, 2.24) is 10.3 Å². The van der Waals surface area contributed by atoms with Gasteiger partial charge in [0.1, 0.15) is 17.6 Å². The molecule has 0 saturated heterocycles. The molecule has 1 aromatic heterocycles. The number of nitrogens with two attached hydrogens (primary N) is 1. The van der Waals surface area contributed by atoms with Crippen LogP contribution in [0.1, 0.15) is 49.3 Å². The number of carbonyl (C=O) groups is 1. The van der Waals surface area contributed by atoms with E-state index in [0.717, 1.165) is 72.5 Å². The molecular formula is C31H33N6O+. The molecule has 1 unspecified atom stereocenters. The number of allylic oxidation sites excluding steroid dienone is 2. The summed E-state index contributed by atoms with van der Waals surface area (Å²) in [5.74, 6) is 9.33. The van der Waals surface area contributed by atoms with Crippen molar-refractivity contribution in [2.45, 2.75) is 38.0 Å². The van der Waals surface area contributed by atoms with Gasteiger partial charge in [-0.1, -0.05) is 48.5 Å². The Balaban J connectivity index is 1.01. The van der Waals surface area contributed by atoms with E-state index in [9.17, 15) is 4.79 Å². The van der Waals surface area contributed by atoms with Crippen molar-refractivity contribution in [3.63, 3.8) is 0 Å². The molecule has 0 spiro atoms. The molecule has 3 atom stereocenters. The topological polar surface area (TPSA) is 95.6 Å². The number of amides is 1. The van der Waals surface area contributed by atoms with Crippen molar-refractivity contribution in [1.29, 1.82) is 0 Å². The van der Waals surface area contributed by atoms with Gasteiger partial charge in [-0.3, -0.25) is 9.79 Å². The van der Waals surface area contributed by atoms with E-state index in [1.165, 1.54) is 5.56 Å². The third-order valence-electron chi connectivity index (χ3n) is 8.75. The Hall–Kier alpha value is -3.81. The summed E-state index contributed by atoms with van der Waals surface area (Å²) in [6.45, 7) is 0.764. The third-order valence-corrected chi connectivity index (χ3v) is 8.75. The number of para-hydroxylation sites is 1. The van der Waals surface area contributed by atoms with Crippen molar-refractivity contribution in [2.75, 3.05) is 6.54 Å². The molecule has 0 radical (unpaired) electrons. The molecule has 7 nitrogen and oxygen atoms in total. The lowest BCUT2D eigenvalue weighted by molar-refractivity contribution is -0.750. The van der Waals surface area contributed by atoms with Crippen molar-refractivity contribution < 1.29 is 9.39 Å². The van der Waals surface area contributed by atoms with Crippen molar-refractivity contribution in [2.24, 2.45) is 33.6 Å². The van der Waals surface area contributed by atoms with E-state index < -0.39 is 0 Å². The average molecular weight is 506 g/mol. The number of benzene rings is 2. The molecule has 0 bridgehead atoms. The predicted molar refractivity (Wildman–Crippen MR) is 150 cm³/mol. The van der Waals surface area contributed by atoms with Crippen molar-refractivity contribution in [3.05, 3.63) is 95.7 Å². The maximum Gasteiger partial charge on any atom is 0.281 e. The predicted octanol–water partition coefficient (Wildman–Crippen LogP) is 5.11. The number of rotatable bonds is 6. The molecule has 4 N–H and O–H groups in total. The molecule has 2 fully saturated rings. The molecule has 2 saturated carbocycles. The van der Waals surface area contributed by atoms with Gasteiger partial charge < -0.3 is 10.3 Å². The number of aromatic nitrogens is 1. The lowest BCUT2D eigenvalue weighted by Gasteiger charge is -2.29. The van der Waals surface area contributed by atoms with E-state index in [-0.39, 0.29) is 16.4 Å². The highest BCUT2D eigenvalue weighted by Crippen LogP contribution is 2.47. The summed E-state index contributed by atoms with van der Waals surface area (Å²) in [4.78, 5) is 25.8. The lowest BCUT2D eigenvalue weighted by Crippen LogP contribution is -2.53. The van der Waals surface area contributed by atoms with Crippen molar-refractivity contribution >= 4 is 28.9 Å². The summed E-state index contributed by atoms with van der Waals surface area (Å²) in [6.07, 6.45) is 10.7. The van der Waals surface area contributed by atoms with Crippen molar-refractivity contribution in [3.8, 4) is 0 Å². The Morgan fingerprint density at radius 2 is 1.84 bits per heavy atom. The highest BCUT2D eigenvalue weighted by molar-refractivity contribution is 6.02. The molecular weight excluding hydrogens is 472 g/mol. The minimum absolute atomic E-state index is 0.0472. The molecule has 3 aromatic rings. The number of nitrogens with zero attached hydrogens (tertiary/aromatic N) is 3. The first-order valence-corrected chi connectivity index (χ1v) is 13.7. The van der Waals surface area contributed by atoms with Gasteiger partial charge in [0, 0.05) is 29.3 Å². The molecule has 1 amide bonds. The van der Waals surface area contributed by atoms with Gasteiger partial charge in [0.25, 0.3) is 5.84 Å². The van der Waals surface area contributed by atoms with Gasteiger partial charge in [0.05, 0.1) is 12.4 Å². The number of aromatic amines is 1. The highest BCUT2D eigenvalue weighted by atomic mass is 16.2. The van der Waals surface area contributed by atoms with E-state index in [1.807, 2.05) is 30.6 Å². The number of nitrogens with one attached hydrogen (secondary N) is 2. The Bertz CT molecular complexity index is 1470.